The molecule has 9 nitrogen and oxygen atoms in total. The van der Waals surface area contributed by atoms with E-state index in [1.165, 1.54) is 0 Å². The summed E-state index contributed by atoms with van der Waals surface area (Å²) in [5, 5.41) is 3.77. The van der Waals surface area contributed by atoms with E-state index >= 15 is 4.39 Å². The molecule has 0 saturated carbocycles. The summed E-state index contributed by atoms with van der Waals surface area (Å²) in [4.78, 5) is 57.8. The number of carbonyl (C=O) groups is 4. The summed E-state index contributed by atoms with van der Waals surface area (Å²) < 4.78 is 33.8. The van der Waals surface area contributed by atoms with Crippen LogP contribution in [-0.4, -0.2) is 64.7 Å². The highest BCUT2D eigenvalue weighted by Gasteiger charge is 2.58. The van der Waals surface area contributed by atoms with Crippen LogP contribution in [0.25, 0.3) is 10.9 Å². The van der Waals surface area contributed by atoms with Crippen LogP contribution in [0.4, 0.5) is 9.18 Å². The van der Waals surface area contributed by atoms with E-state index in [4.69, 9.17) is 14.2 Å². The standard InChI is InChI=1S/C35H47FN2O7/c1-9-26-35(8)29(38-32(42)45-35)21(3)28(39)20(2)17-27(33(5,6)22(4)30(40)34(7,36)31(41)44-26)43-16-12-13-23-18-24-14-10-11-15-25(24)37-19-23/h10-11,14-15,18-22,26-27,29H,9,12-13,16-17H2,1-8H3,(H,38,42)/t20-,21+,22+,26-,27-,29-,34+,35-/m1/s1. The van der Waals surface area contributed by atoms with Crippen LogP contribution in [0, 0.1) is 23.2 Å². The van der Waals surface area contributed by atoms with Gasteiger partial charge < -0.3 is 19.5 Å². The topological polar surface area (TPSA) is 121 Å². The summed E-state index contributed by atoms with van der Waals surface area (Å²) in [6.45, 7) is 13.2. The van der Waals surface area contributed by atoms with Gasteiger partial charge in [-0.25, -0.2) is 14.0 Å². The molecule has 4 rings (SSSR count). The van der Waals surface area contributed by atoms with Gasteiger partial charge >= 0.3 is 12.1 Å². The molecule has 246 valence electrons. The number of Topliss-reactive ketones (excluding diaryl/α,β-unsaturated/α-hetero) is 2. The molecule has 1 N–H and O–H groups in total. The first-order chi connectivity index (χ1) is 21.0. The number of alkyl halides is 1. The molecule has 2 saturated heterocycles. The van der Waals surface area contributed by atoms with Gasteiger partial charge in [0.25, 0.3) is 5.67 Å². The lowest BCUT2D eigenvalue weighted by Gasteiger charge is -2.43. The number of pyridine rings is 1. The Morgan fingerprint density at radius 3 is 2.44 bits per heavy atom. The van der Waals surface area contributed by atoms with Crippen molar-refractivity contribution in [2.24, 2.45) is 23.2 Å². The van der Waals surface area contributed by atoms with Crippen LogP contribution in [0.15, 0.2) is 36.5 Å². The predicted molar refractivity (Wildman–Crippen MR) is 167 cm³/mol. The molecule has 10 heteroatoms. The largest absolute Gasteiger partial charge is 0.455 e. The molecule has 1 aromatic carbocycles. The minimum atomic E-state index is -2.96. The normalized spacial score (nSPS) is 34.4. The third-order valence-corrected chi connectivity index (χ3v) is 10.2. The number of aryl methyl sites for hydroxylation is 1. The Bertz CT molecular complexity index is 1440. The number of hydrogen-bond acceptors (Lipinski definition) is 8. The lowest BCUT2D eigenvalue weighted by atomic mass is 9.67. The lowest BCUT2D eigenvalue weighted by Crippen LogP contribution is -2.58. The van der Waals surface area contributed by atoms with Crippen molar-refractivity contribution in [2.75, 3.05) is 6.61 Å². The Morgan fingerprint density at radius 2 is 1.76 bits per heavy atom. The second-order valence-corrected chi connectivity index (χ2v) is 13.7. The first kappa shape index (κ1) is 34.5. The molecule has 2 aliphatic rings. The molecule has 2 aliphatic heterocycles. The Balaban J connectivity index is 1.61. The minimum absolute atomic E-state index is 0.129. The summed E-state index contributed by atoms with van der Waals surface area (Å²) in [5.41, 5.74) is -3.40. The maximum Gasteiger partial charge on any atom is 0.408 e. The van der Waals surface area contributed by atoms with Crippen LogP contribution in [0.3, 0.4) is 0 Å². The number of alkyl carbamates (subject to hydrolysis) is 1. The van der Waals surface area contributed by atoms with Gasteiger partial charge in [0.1, 0.15) is 11.9 Å². The number of amides is 1. The van der Waals surface area contributed by atoms with Crippen LogP contribution in [0.5, 0.6) is 0 Å². The van der Waals surface area contributed by atoms with Crippen molar-refractivity contribution in [2.45, 2.75) is 111 Å². The van der Waals surface area contributed by atoms with Crippen molar-refractivity contribution in [3.63, 3.8) is 0 Å². The van der Waals surface area contributed by atoms with E-state index in [1.54, 1.807) is 48.5 Å². The highest BCUT2D eigenvalue weighted by Crippen LogP contribution is 2.42. The van der Waals surface area contributed by atoms with E-state index < -0.39 is 70.5 Å². The molecular formula is C35H47FN2O7. The van der Waals surface area contributed by atoms with Crippen LogP contribution >= 0.6 is 0 Å². The number of rotatable bonds is 6. The van der Waals surface area contributed by atoms with Gasteiger partial charge in [-0.1, -0.05) is 59.7 Å². The molecule has 2 aromatic rings. The first-order valence-corrected chi connectivity index (χ1v) is 16.0. The summed E-state index contributed by atoms with van der Waals surface area (Å²) in [6, 6.07) is 9.14. The van der Waals surface area contributed by atoms with E-state index in [-0.39, 0.29) is 18.6 Å². The Hall–Kier alpha value is -3.40. The zero-order valence-electron chi connectivity index (χ0n) is 27.6. The number of carbonyl (C=O) groups excluding carboxylic acids is 4. The number of ketones is 2. The molecule has 8 atom stereocenters. The summed E-state index contributed by atoms with van der Waals surface area (Å²) >= 11 is 0. The Kier molecular flexibility index (Phi) is 10.1. The smallest absolute Gasteiger partial charge is 0.408 e. The van der Waals surface area contributed by atoms with Crippen LogP contribution in [-0.2, 0) is 35.0 Å². The molecule has 2 fully saturated rings. The number of ether oxygens (including phenoxy) is 3. The van der Waals surface area contributed by atoms with Gasteiger partial charge in [-0.3, -0.25) is 14.6 Å². The zero-order valence-corrected chi connectivity index (χ0v) is 27.6. The average Bonchev–Trinajstić information content (AvgIpc) is 3.32. The van der Waals surface area contributed by atoms with Crippen molar-refractivity contribution < 1.29 is 37.8 Å². The number of fused-ring (bicyclic) bond motifs is 2. The molecule has 0 radical (unpaired) electrons. The summed E-state index contributed by atoms with van der Waals surface area (Å²) in [7, 11) is 0. The van der Waals surface area contributed by atoms with Crippen molar-refractivity contribution >= 4 is 34.5 Å². The molecular weight excluding hydrogens is 579 g/mol. The fourth-order valence-corrected chi connectivity index (χ4v) is 6.81. The molecule has 45 heavy (non-hydrogen) atoms. The maximum absolute atomic E-state index is 16.2. The maximum atomic E-state index is 16.2. The van der Waals surface area contributed by atoms with Crippen molar-refractivity contribution in [1.29, 1.82) is 0 Å². The zero-order chi connectivity index (χ0) is 33.3. The predicted octanol–water partition coefficient (Wildman–Crippen LogP) is 5.95. The third-order valence-electron chi connectivity index (χ3n) is 10.2. The quantitative estimate of drug-likeness (QED) is 0.237. The molecule has 1 amide bonds. The summed E-state index contributed by atoms with van der Waals surface area (Å²) in [6.07, 6.45) is 1.15. The number of aromatic nitrogens is 1. The number of nitrogens with zero attached hydrogens (tertiary/aromatic N) is 1. The summed E-state index contributed by atoms with van der Waals surface area (Å²) in [5.74, 6) is -4.62. The van der Waals surface area contributed by atoms with E-state index in [9.17, 15) is 19.2 Å². The van der Waals surface area contributed by atoms with Crippen molar-refractivity contribution in [3.8, 4) is 0 Å². The number of cyclic esters (lactones) is 1. The van der Waals surface area contributed by atoms with E-state index in [2.05, 4.69) is 16.4 Å². The van der Waals surface area contributed by atoms with E-state index in [0.29, 0.717) is 19.4 Å². The molecule has 1 aromatic heterocycles. The van der Waals surface area contributed by atoms with Gasteiger partial charge in [-0.15, -0.1) is 0 Å². The minimum Gasteiger partial charge on any atom is -0.455 e. The first-order valence-electron chi connectivity index (χ1n) is 16.0. The number of para-hydroxylation sites is 1. The second kappa shape index (κ2) is 13.1. The van der Waals surface area contributed by atoms with E-state index in [0.717, 1.165) is 23.4 Å². The number of esters is 1. The van der Waals surface area contributed by atoms with Crippen molar-refractivity contribution in [3.05, 3.63) is 42.1 Å². The highest BCUT2D eigenvalue weighted by molar-refractivity contribution is 6.08. The Morgan fingerprint density at radius 1 is 1.07 bits per heavy atom. The SMILES string of the molecule is CC[C@H]1OC(=O)[C@@](C)(F)C(=O)[C@H](C)C(C)(C)[C@H](OCCCc2cnc3ccccc3c2)C[C@@H](C)C(=O)[C@H](C)[C@H]2NC(=O)O[C@@]21C. The second-order valence-electron chi connectivity index (χ2n) is 13.7. The van der Waals surface area contributed by atoms with Crippen LogP contribution in [0.1, 0.15) is 80.2 Å². The Labute approximate surface area is 265 Å². The monoisotopic (exact) mass is 626 g/mol. The number of halogens is 1. The number of hydrogen-bond donors (Lipinski definition) is 1. The fourth-order valence-electron chi connectivity index (χ4n) is 6.81. The molecule has 0 spiro atoms. The average molecular weight is 627 g/mol. The molecule has 0 bridgehead atoms. The van der Waals surface area contributed by atoms with Gasteiger partial charge in [0.05, 0.1) is 17.7 Å². The highest BCUT2D eigenvalue weighted by atomic mass is 19.1. The van der Waals surface area contributed by atoms with Crippen LogP contribution < -0.4 is 5.32 Å². The lowest BCUT2D eigenvalue weighted by molar-refractivity contribution is -0.181. The van der Waals surface area contributed by atoms with Crippen molar-refractivity contribution in [1.82, 2.24) is 10.3 Å². The fraction of sp³-hybridized carbons (Fsp3) is 0.629. The van der Waals surface area contributed by atoms with Gasteiger partial charge in [0, 0.05) is 41.4 Å². The van der Waals surface area contributed by atoms with Gasteiger partial charge in [0.15, 0.2) is 11.4 Å². The number of benzene rings is 1. The van der Waals surface area contributed by atoms with Gasteiger partial charge in [-0.05, 0) is 57.2 Å². The van der Waals surface area contributed by atoms with Gasteiger partial charge in [0.2, 0.25) is 0 Å². The van der Waals surface area contributed by atoms with Gasteiger partial charge in [-0.2, -0.15) is 0 Å². The molecule has 3 heterocycles. The van der Waals surface area contributed by atoms with Crippen LogP contribution in [0.2, 0.25) is 0 Å². The third kappa shape index (κ3) is 6.76. The number of nitrogens with one attached hydrogen (secondary N) is 1. The molecule has 0 aliphatic carbocycles. The molecule has 0 unspecified atom stereocenters. The van der Waals surface area contributed by atoms with E-state index in [1.807, 2.05) is 30.5 Å².